The van der Waals surface area contributed by atoms with Gasteiger partial charge in [0.05, 0.1) is 23.6 Å². The lowest BCUT2D eigenvalue weighted by molar-refractivity contribution is 0.0843. The van der Waals surface area contributed by atoms with Crippen molar-refractivity contribution >= 4 is 5.78 Å². The van der Waals surface area contributed by atoms with Crippen molar-refractivity contribution in [2.24, 2.45) is 0 Å². The molecule has 1 unspecified atom stereocenters. The fourth-order valence-corrected chi connectivity index (χ4v) is 3.41. The second-order valence-electron chi connectivity index (χ2n) is 6.92. The molecule has 1 heterocycles. The summed E-state index contributed by atoms with van der Waals surface area (Å²) in [5.74, 6) is 0.558. The summed E-state index contributed by atoms with van der Waals surface area (Å²) in [5.41, 5.74) is 3.06. The number of nitriles is 1. The molecule has 1 aliphatic heterocycles. The zero-order valence-corrected chi connectivity index (χ0v) is 15.8. The molecular weight excluding hydrogens is 369 g/mol. The van der Waals surface area contributed by atoms with Gasteiger partial charge in [-0.3, -0.25) is 4.79 Å². The minimum Gasteiger partial charge on any atom is -0.488 e. The zero-order chi connectivity index (χ0) is 20.4. The minimum atomic E-state index is -0.663. The molecule has 144 valence electrons. The maximum Gasteiger partial charge on any atom is 0.170 e. The first-order valence-electron chi connectivity index (χ1n) is 9.26. The topological polar surface area (TPSA) is 59.3 Å². The second-order valence-corrected chi connectivity index (χ2v) is 6.92. The summed E-state index contributed by atoms with van der Waals surface area (Å²) in [6.07, 6.45) is -0.567. The van der Waals surface area contributed by atoms with Crippen LogP contribution in [0.2, 0.25) is 0 Å². The van der Waals surface area contributed by atoms with Gasteiger partial charge in [0.1, 0.15) is 30.0 Å². The van der Waals surface area contributed by atoms with E-state index in [1.54, 1.807) is 42.5 Å². The Morgan fingerprint density at radius 3 is 2.62 bits per heavy atom. The van der Waals surface area contributed by atoms with Crippen LogP contribution in [0.5, 0.6) is 11.5 Å². The van der Waals surface area contributed by atoms with Crippen molar-refractivity contribution in [1.29, 1.82) is 5.26 Å². The molecule has 0 saturated heterocycles. The molecule has 29 heavy (non-hydrogen) atoms. The van der Waals surface area contributed by atoms with Gasteiger partial charge in [0, 0.05) is 11.1 Å². The lowest BCUT2D eigenvalue weighted by Crippen LogP contribution is -2.22. The molecule has 4 rings (SSSR count). The van der Waals surface area contributed by atoms with E-state index in [4.69, 9.17) is 14.7 Å². The first-order valence-corrected chi connectivity index (χ1v) is 9.26. The Morgan fingerprint density at radius 2 is 1.90 bits per heavy atom. The van der Waals surface area contributed by atoms with Crippen LogP contribution >= 0.6 is 0 Å². The Balaban J connectivity index is 1.58. The molecule has 0 amide bonds. The first-order chi connectivity index (χ1) is 14.1. The van der Waals surface area contributed by atoms with Crippen molar-refractivity contribution in [3.8, 4) is 17.6 Å². The monoisotopic (exact) mass is 387 g/mol. The van der Waals surface area contributed by atoms with Crippen LogP contribution in [0.1, 0.15) is 45.1 Å². The number of hydrogen-bond acceptors (Lipinski definition) is 4. The fourth-order valence-electron chi connectivity index (χ4n) is 3.41. The molecule has 5 heteroatoms. The van der Waals surface area contributed by atoms with Gasteiger partial charge >= 0.3 is 0 Å². The van der Waals surface area contributed by atoms with Crippen LogP contribution in [0, 0.1) is 24.1 Å². The van der Waals surface area contributed by atoms with Gasteiger partial charge in [0.25, 0.3) is 0 Å². The predicted octanol–water partition coefficient (Wildman–Crippen LogP) is 5.29. The van der Waals surface area contributed by atoms with Gasteiger partial charge in [-0.05, 0) is 42.8 Å². The summed E-state index contributed by atoms with van der Waals surface area (Å²) in [6.45, 7) is 2.14. The summed E-state index contributed by atoms with van der Waals surface area (Å²) in [6, 6.07) is 19.0. The normalized spacial score (nSPS) is 15.2. The van der Waals surface area contributed by atoms with Crippen molar-refractivity contribution < 1.29 is 18.7 Å². The second kappa shape index (κ2) is 7.76. The number of nitrogens with zero attached hydrogens (tertiary/aromatic N) is 1. The van der Waals surface area contributed by atoms with Crippen LogP contribution in [0.25, 0.3) is 0 Å². The SMILES string of the molecule is Cc1c(OCc2ccc(C#N)cc2)ccc2c1OC(c1ccccc1F)CC2=O. The first kappa shape index (κ1) is 18.7. The van der Waals surface area contributed by atoms with E-state index in [2.05, 4.69) is 6.07 Å². The maximum atomic E-state index is 14.2. The molecule has 0 fully saturated rings. The Bertz CT molecular complexity index is 1120. The quantitative estimate of drug-likeness (QED) is 0.610. The summed E-state index contributed by atoms with van der Waals surface area (Å²) in [5, 5.41) is 8.88. The molecule has 3 aromatic carbocycles. The average molecular weight is 387 g/mol. The van der Waals surface area contributed by atoms with Gasteiger partial charge in [0.2, 0.25) is 0 Å². The molecule has 0 spiro atoms. The third kappa shape index (κ3) is 3.70. The van der Waals surface area contributed by atoms with E-state index in [1.807, 2.05) is 19.1 Å². The number of benzene rings is 3. The fraction of sp³-hybridized carbons (Fsp3) is 0.167. The molecule has 3 aromatic rings. The van der Waals surface area contributed by atoms with Gasteiger partial charge in [-0.1, -0.05) is 30.3 Å². The highest BCUT2D eigenvalue weighted by molar-refractivity contribution is 6.00. The molecule has 0 N–H and O–H groups in total. The van der Waals surface area contributed by atoms with E-state index in [1.165, 1.54) is 6.07 Å². The minimum absolute atomic E-state index is 0.0822. The Morgan fingerprint density at radius 1 is 1.14 bits per heavy atom. The van der Waals surface area contributed by atoms with Crippen molar-refractivity contribution in [2.45, 2.75) is 26.1 Å². The van der Waals surface area contributed by atoms with E-state index >= 15 is 0 Å². The number of carbonyl (C=O) groups is 1. The molecule has 4 nitrogen and oxygen atoms in total. The lowest BCUT2D eigenvalue weighted by Gasteiger charge is -2.28. The highest BCUT2D eigenvalue weighted by Gasteiger charge is 2.31. The highest BCUT2D eigenvalue weighted by atomic mass is 19.1. The van der Waals surface area contributed by atoms with Crippen LogP contribution in [0.3, 0.4) is 0 Å². The predicted molar refractivity (Wildman–Crippen MR) is 105 cm³/mol. The van der Waals surface area contributed by atoms with E-state index < -0.39 is 6.10 Å². The Kier molecular flexibility index (Phi) is 5.01. The zero-order valence-electron chi connectivity index (χ0n) is 15.8. The maximum absolute atomic E-state index is 14.2. The number of rotatable bonds is 4. The van der Waals surface area contributed by atoms with E-state index in [-0.39, 0.29) is 18.0 Å². The molecule has 0 saturated carbocycles. The smallest absolute Gasteiger partial charge is 0.170 e. The van der Waals surface area contributed by atoms with Gasteiger partial charge in [-0.15, -0.1) is 0 Å². The average Bonchev–Trinajstić information content (AvgIpc) is 2.74. The van der Waals surface area contributed by atoms with Crippen LogP contribution in [0.4, 0.5) is 4.39 Å². The molecule has 1 aliphatic rings. The number of ether oxygens (including phenoxy) is 2. The number of hydrogen-bond donors (Lipinski definition) is 0. The molecule has 0 radical (unpaired) electrons. The van der Waals surface area contributed by atoms with Gasteiger partial charge in [0.15, 0.2) is 5.78 Å². The van der Waals surface area contributed by atoms with Crippen molar-refractivity contribution in [1.82, 2.24) is 0 Å². The van der Waals surface area contributed by atoms with Crippen LogP contribution in [-0.4, -0.2) is 5.78 Å². The molecule has 1 atom stereocenters. The number of halogens is 1. The van der Waals surface area contributed by atoms with E-state index in [0.717, 1.165) is 5.56 Å². The lowest BCUT2D eigenvalue weighted by atomic mass is 9.94. The van der Waals surface area contributed by atoms with Gasteiger partial charge < -0.3 is 9.47 Å². The number of Topliss-reactive ketones (excluding diaryl/α,β-unsaturated/α-hetero) is 1. The van der Waals surface area contributed by atoms with E-state index in [9.17, 15) is 9.18 Å². The van der Waals surface area contributed by atoms with Crippen LogP contribution < -0.4 is 9.47 Å². The van der Waals surface area contributed by atoms with E-state index in [0.29, 0.717) is 40.4 Å². The highest BCUT2D eigenvalue weighted by Crippen LogP contribution is 2.41. The van der Waals surface area contributed by atoms with Crippen LogP contribution in [-0.2, 0) is 6.61 Å². The Labute approximate surface area is 168 Å². The van der Waals surface area contributed by atoms with Crippen molar-refractivity contribution in [2.75, 3.05) is 0 Å². The third-order valence-electron chi connectivity index (χ3n) is 5.02. The third-order valence-corrected chi connectivity index (χ3v) is 5.02. The van der Waals surface area contributed by atoms with Crippen molar-refractivity contribution in [3.05, 3.63) is 94.3 Å². The number of fused-ring (bicyclic) bond motifs is 1. The molecule has 0 aliphatic carbocycles. The number of carbonyl (C=O) groups excluding carboxylic acids is 1. The summed E-state index contributed by atoms with van der Waals surface area (Å²) >= 11 is 0. The summed E-state index contributed by atoms with van der Waals surface area (Å²) in [4.78, 5) is 12.6. The summed E-state index contributed by atoms with van der Waals surface area (Å²) in [7, 11) is 0. The summed E-state index contributed by atoms with van der Waals surface area (Å²) < 4.78 is 26.1. The Hall–Kier alpha value is -3.65. The molecule has 0 bridgehead atoms. The molecular formula is C24H18FNO3. The van der Waals surface area contributed by atoms with Crippen LogP contribution in [0.15, 0.2) is 60.7 Å². The number of ketones is 1. The molecule has 0 aromatic heterocycles. The standard InChI is InChI=1S/C24H18FNO3/c1-15-22(28-14-17-8-6-16(13-26)7-9-17)11-10-19-21(27)12-23(29-24(15)19)18-4-2-3-5-20(18)25/h2-11,23H,12,14H2,1H3. The van der Waals surface area contributed by atoms with Crippen molar-refractivity contribution in [3.63, 3.8) is 0 Å². The van der Waals surface area contributed by atoms with Gasteiger partial charge in [-0.25, -0.2) is 4.39 Å². The largest absolute Gasteiger partial charge is 0.488 e. The van der Waals surface area contributed by atoms with Gasteiger partial charge in [-0.2, -0.15) is 5.26 Å².